The molecule has 1 saturated carbocycles. The topological polar surface area (TPSA) is 46.6 Å². The van der Waals surface area contributed by atoms with Gasteiger partial charge in [0.1, 0.15) is 0 Å². The highest BCUT2D eigenvalue weighted by Crippen LogP contribution is 2.28. The zero-order valence-electron chi connectivity index (χ0n) is 12.2. The summed E-state index contributed by atoms with van der Waals surface area (Å²) < 4.78 is 5.35. The van der Waals surface area contributed by atoms with Crippen LogP contribution < -0.4 is 0 Å². The first-order valence-electron chi connectivity index (χ1n) is 7.72. The summed E-state index contributed by atoms with van der Waals surface area (Å²) in [5.74, 6) is -0.371. The van der Waals surface area contributed by atoms with Gasteiger partial charge < -0.3 is 4.74 Å². The Morgan fingerprint density at radius 2 is 1.81 bits per heavy atom. The van der Waals surface area contributed by atoms with Gasteiger partial charge in [0.2, 0.25) is 0 Å². The van der Waals surface area contributed by atoms with Gasteiger partial charge in [0, 0.05) is 18.7 Å². The van der Waals surface area contributed by atoms with Crippen LogP contribution in [0.15, 0.2) is 30.3 Å². The summed E-state index contributed by atoms with van der Waals surface area (Å²) in [6, 6.07) is 9.08. The maximum Gasteiger partial charge on any atom is 0.173 e. The molecular formula is C17H21NO3. The predicted molar refractivity (Wildman–Crippen MR) is 79.3 cm³/mol. The average molecular weight is 287 g/mol. The number of hydrogen-bond acceptors (Lipinski definition) is 4. The molecule has 3 rings (SSSR count). The van der Waals surface area contributed by atoms with Crippen molar-refractivity contribution in [3.05, 3.63) is 35.9 Å². The lowest BCUT2D eigenvalue weighted by Crippen LogP contribution is -2.51. The first kappa shape index (κ1) is 14.4. The van der Waals surface area contributed by atoms with Gasteiger partial charge in [-0.1, -0.05) is 36.8 Å². The van der Waals surface area contributed by atoms with Gasteiger partial charge in [0.15, 0.2) is 11.6 Å². The number of ketones is 2. The number of nitrogens with zero attached hydrogens (tertiary/aromatic N) is 1. The third kappa shape index (κ3) is 3.06. The summed E-state index contributed by atoms with van der Waals surface area (Å²) in [7, 11) is 0. The second-order valence-electron chi connectivity index (χ2n) is 5.78. The van der Waals surface area contributed by atoms with Gasteiger partial charge in [-0.05, 0) is 12.8 Å². The largest absolute Gasteiger partial charge is 0.379 e. The van der Waals surface area contributed by atoms with Crippen LogP contribution in [0.25, 0.3) is 0 Å². The minimum atomic E-state index is -0.464. The minimum Gasteiger partial charge on any atom is -0.379 e. The number of hydrogen-bond donors (Lipinski definition) is 0. The Balaban J connectivity index is 1.74. The van der Waals surface area contributed by atoms with Gasteiger partial charge >= 0.3 is 0 Å². The van der Waals surface area contributed by atoms with Crippen LogP contribution in [0.1, 0.15) is 29.6 Å². The first-order chi connectivity index (χ1) is 10.3. The maximum atomic E-state index is 12.7. The van der Waals surface area contributed by atoms with E-state index in [-0.39, 0.29) is 17.6 Å². The Kier molecular flexibility index (Phi) is 4.46. The average Bonchev–Trinajstić information content (AvgIpc) is 2.56. The van der Waals surface area contributed by atoms with Crippen molar-refractivity contribution < 1.29 is 14.3 Å². The molecule has 2 fully saturated rings. The molecule has 2 atom stereocenters. The molecule has 1 aromatic carbocycles. The summed E-state index contributed by atoms with van der Waals surface area (Å²) in [4.78, 5) is 27.5. The predicted octanol–water partition coefficient (Wildman–Crippen LogP) is 1.94. The van der Waals surface area contributed by atoms with Gasteiger partial charge in [-0.2, -0.15) is 0 Å². The highest BCUT2D eigenvalue weighted by Gasteiger charge is 2.39. The zero-order valence-corrected chi connectivity index (χ0v) is 12.2. The summed E-state index contributed by atoms with van der Waals surface area (Å²) in [5.41, 5.74) is 0.651. The lowest BCUT2D eigenvalue weighted by atomic mass is 9.79. The van der Waals surface area contributed by atoms with Crippen LogP contribution in [-0.2, 0) is 9.53 Å². The van der Waals surface area contributed by atoms with Crippen molar-refractivity contribution in [2.24, 2.45) is 5.92 Å². The molecule has 1 aliphatic carbocycles. The van der Waals surface area contributed by atoms with Crippen LogP contribution in [0.2, 0.25) is 0 Å². The Bertz CT molecular complexity index is 508. The van der Waals surface area contributed by atoms with Crippen LogP contribution in [0.3, 0.4) is 0 Å². The minimum absolute atomic E-state index is 0.0152. The van der Waals surface area contributed by atoms with Crippen LogP contribution in [0, 0.1) is 5.92 Å². The molecule has 1 heterocycles. The highest BCUT2D eigenvalue weighted by molar-refractivity contribution is 6.12. The number of ether oxygens (including phenoxy) is 1. The highest BCUT2D eigenvalue weighted by atomic mass is 16.5. The van der Waals surface area contributed by atoms with Crippen molar-refractivity contribution in [3.8, 4) is 0 Å². The van der Waals surface area contributed by atoms with E-state index in [4.69, 9.17) is 4.74 Å². The second kappa shape index (κ2) is 6.50. The molecule has 21 heavy (non-hydrogen) atoms. The molecule has 112 valence electrons. The Labute approximate surface area is 125 Å². The lowest BCUT2D eigenvalue weighted by molar-refractivity contribution is -0.131. The molecule has 1 aliphatic heterocycles. The SMILES string of the molecule is O=C(c1ccccc1)C1CCCC(N2CCOCC2)C1=O. The second-order valence-corrected chi connectivity index (χ2v) is 5.78. The van der Waals surface area contributed by atoms with Crippen molar-refractivity contribution in [2.75, 3.05) is 26.3 Å². The number of carbonyl (C=O) groups excluding carboxylic acids is 2. The summed E-state index contributed by atoms with van der Waals surface area (Å²) in [6.45, 7) is 2.95. The van der Waals surface area contributed by atoms with Crippen molar-refractivity contribution in [1.82, 2.24) is 4.90 Å². The molecule has 4 heteroatoms. The van der Waals surface area contributed by atoms with Gasteiger partial charge in [-0.25, -0.2) is 0 Å². The van der Waals surface area contributed by atoms with E-state index in [2.05, 4.69) is 4.90 Å². The molecule has 2 unspecified atom stereocenters. The zero-order chi connectivity index (χ0) is 14.7. The number of rotatable bonds is 3. The summed E-state index contributed by atoms with van der Waals surface area (Å²) in [6.07, 6.45) is 2.50. The van der Waals surface area contributed by atoms with Crippen molar-refractivity contribution in [2.45, 2.75) is 25.3 Å². The van der Waals surface area contributed by atoms with E-state index in [9.17, 15) is 9.59 Å². The number of morpholine rings is 1. The summed E-state index contributed by atoms with van der Waals surface area (Å²) >= 11 is 0. The first-order valence-corrected chi connectivity index (χ1v) is 7.72. The van der Waals surface area contributed by atoms with Gasteiger partial charge in [-0.3, -0.25) is 14.5 Å². The monoisotopic (exact) mass is 287 g/mol. The van der Waals surface area contributed by atoms with Gasteiger partial charge in [0.05, 0.1) is 25.2 Å². The van der Waals surface area contributed by atoms with E-state index < -0.39 is 5.92 Å². The van der Waals surface area contributed by atoms with Gasteiger partial charge in [-0.15, -0.1) is 0 Å². The van der Waals surface area contributed by atoms with Crippen molar-refractivity contribution in [3.63, 3.8) is 0 Å². The number of Topliss-reactive ketones (excluding diaryl/α,β-unsaturated/α-hetero) is 2. The van der Waals surface area contributed by atoms with Crippen LogP contribution in [0.4, 0.5) is 0 Å². The van der Waals surface area contributed by atoms with Crippen LogP contribution in [-0.4, -0.2) is 48.8 Å². The molecule has 4 nitrogen and oxygen atoms in total. The molecule has 1 saturated heterocycles. The lowest BCUT2D eigenvalue weighted by Gasteiger charge is -2.37. The maximum absolute atomic E-state index is 12.7. The Morgan fingerprint density at radius 1 is 1.10 bits per heavy atom. The standard InChI is InChI=1S/C17H21NO3/c19-16(13-5-2-1-3-6-13)14-7-4-8-15(17(14)20)18-9-11-21-12-10-18/h1-3,5-6,14-15H,4,7-12H2. The third-order valence-electron chi connectivity index (χ3n) is 4.50. The van der Waals surface area contributed by atoms with E-state index in [0.717, 1.165) is 25.9 Å². The van der Waals surface area contributed by atoms with Crippen molar-refractivity contribution in [1.29, 1.82) is 0 Å². The fraction of sp³-hybridized carbons (Fsp3) is 0.529. The van der Waals surface area contributed by atoms with E-state index in [1.807, 2.05) is 18.2 Å². The molecule has 0 bridgehead atoms. The van der Waals surface area contributed by atoms with Crippen LogP contribution in [0.5, 0.6) is 0 Å². The van der Waals surface area contributed by atoms with E-state index in [1.165, 1.54) is 0 Å². The van der Waals surface area contributed by atoms with Crippen LogP contribution >= 0.6 is 0 Å². The van der Waals surface area contributed by atoms with Crippen molar-refractivity contribution >= 4 is 11.6 Å². The smallest absolute Gasteiger partial charge is 0.173 e. The van der Waals surface area contributed by atoms with E-state index >= 15 is 0 Å². The third-order valence-corrected chi connectivity index (χ3v) is 4.50. The Morgan fingerprint density at radius 3 is 2.52 bits per heavy atom. The molecule has 0 radical (unpaired) electrons. The summed E-state index contributed by atoms with van der Waals surface area (Å²) in [5, 5.41) is 0. The fourth-order valence-electron chi connectivity index (χ4n) is 3.35. The molecular weight excluding hydrogens is 266 g/mol. The molecule has 0 amide bonds. The molecule has 1 aromatic rings. The quantitative estimate of drug-likeness (QED) is 0.629. The number of benzene rings is 1. The van der Waals surface area contributed by atoms with Gasteiger partial charge in [0.25, 0.3) is 0 Å². The molecule has 0 spiro atoms. The molecule has 2 aliphatic rings. The normalized spacial score (nSPS) is 27.5. The fourth-order valence-corrected chi connectivity index (χ4v) is 3.35. The molecule has 0 aromatic heterocycles. The van der Waals surface area contributed by atoms with E-state index in [1.54, 1.807) is 12.1 Å². The molecule has 0 N–H and O–H groups in total. The van der Waals surface area contributed by atoms with E-state index in [0.29, 0.717) is 25.2 Å². The Hall–Kier alpha value is -1.52. The number of carbonyl (C=O) groups is 2.